The van der Waals surface area contributed by atoms with Crippen LogP contribution in [0.3, 0.4) is 0 Å². The number of carbonyl (C=O) groups excluding carboxylic acids is 1. The van der Waals surface area contributed by atoms with Gasteiger partial charge in [0.15, 0.2) is 0 Å². The molecule has 0 aromatic carbocycles. The molecule has 1 aromatic rings. The zero-order valence-corrected chi connectivity index (χ0v) is 11.3. The molecular formula is C14H21NO3. The van der Waals surface area contributed by atoms with Crippen molar-refractivity contribution in [3.8, 4) is 0 Å². The third-order valence-corrected chi connectivity index (χ3v) is 3.06. The van der Waals surface area contributed by atoms with Crippen LogP contribution in [0.25, 0.3) is 0 Å². The first-order chi connectivity index (χ1) is 8.44. The highest BCUT2D eigenvalue weighted by molar-refractivity contribution is 5.60. The van der Waals surface area contributed by atoms with Crippen molar-refractivity contribution in [2.45, 2.75) is 57.8 Å². The number of carbonyl (C=O) groups is 1. The Morgan fingerprint density at radius 3 is 2.50 bits per heavy atom. The van der Waals surface area contributed by atoms with Crippen molar-refractivity contribution in [3.63, 3.8) is 0 Å². The van der Waals surface area contributed by atoms with Crippen molar-refractivity contribution < 1.29 is 14.3 Å². The number of nitrogens with zero attached hydrogens (tertiary/aromatic N) is 1. The van der Waals surface area contributed by atoms with E-state index in [1.165, 1.54) is 0 Å². The minimum atomic E-state index is -0.555. The van der Waals surface area contributed by atoms with E-state index in [4.69, 9.17) is 9.47 Å². The summed E-state index contributed by atoms with van der Waals surface area (Å²) in [5.74, 6) is 0. The molecule has 1 saturated carbocycles. The maximum atomic E-state index is 11.6. The molecule has 4 nitrogen and oxygen atoms in total. The van der Waals surface area contributed by atoms with Crippen LogP contribution in [0.5, 0.6) is 0 Å². The molecular weight excluding hydrogens is 230 g/mol. The lowest BCUT2D eigenvalue weighted by Gasteiger charge is -2.21. The van der Waals surface area contributed by atoms with Gasteiger partial charge in [0, 0.05) is 24.9 Å². The third-order valence-electron chi connectivity index (χ3n) is 3.06. The van der Waals surface area contributed by atoms with Crippen molar-refractivity contribution in [1.82, 2.24) is 4.57 Å². The van der Waals surface area contributed by atoms with E-state index in [2.05, 4.69) is 17.0 Å². The summed E-state index contributed by atoms with van der Waals surface area (Å²) in [5.41, 5.74) is -0.491. The Morgan fingerprint density at radius 2 is 1.89 bits per heavy atom. The molecule has 18 heavy (non-hydrogen) atoms. The van der Waals surface area contributed by atoms with Crippen LogP contribution in [-0.2, 0) is 9.47 Å². The predicted molar refractivity (Wildman–Crippen MR) is 68.4 cm³/mol. The van der Waals surface area contributed by atoms with Gasteiger partial charge in [0.2, 0.25) is 0 Å². The van der Waals surface area contributed by atoms with Gasteiger partial charge in [-0.2, -0.15) is 0 Å². The van der Waals surface area contributed by atoms with Crippen LogP contribution < -0.4 is 0 Å². The molecule has 4 heteroatoms. The first-order valence-corrected chi connectivity index (χ1v) is 6.46. The molecule has 1 aromatic heterocycles. The fraction of sp³-hybridized carbons (Fsp3) is 0.643. The molecule has 0 bridgehead atoms. The van der Waals surface area contributed by atoms with Crippen LogP contribution in [0.2, 0.25) is 0 Å². The Hall–Kier alpha value is -1.45. The number of ether oxygens (including phenoxy) is 2. The van der Waals surface area contributed by atoms with Gasteiger partial charge in [0.1, 0.15) is 11.7 Å². The molecule has 0 saturated heterocycles. The Morgan fingerprint density at radius 1 is 1.22 bits per heavy atom. The molecule has 2 atom stereocenters. The molecule has 0 N–H and O–H groups in total. The fourth-order valence-corrected chi connectivity index (χ4v) is 2.30. The lowest BCUT2D eigenvalue weighted by Crippen LogP contribution is -2.27. The lowest BCUT2D eigenvalue weighted by atomic mass is 10.2. The summed E-state index contributed by atoms with van der Waals surface area (Å²) in [6, 6.07) is 4.47. The Bertz CT molecular complexity index is 392. The van der Waals surface area contributed by atoms with Gasteiger partial charge in [-0.25, -0.2) is 4.79 Å². The molecule has 0 spiro atoms. The highest BCUT2D eigenvalue weighted by Crippen LogP contribution is 2.32. The number of hydrogen-bond acceptors (Lipinski definition) is 3. The second kappa shape index (κ2) is 5.04. The van der Waals surface area contributed by atoms with E-state index in [0.29, 0.717) is 6.04 Å². The number of hydrogen-bond donors (Lipinski definition) is 0. The van der Waals surface area contributed by atoms with Gasteiger partial charge >= 0.3 is 6.16 Å². The van der Waals surface area contributed by atoms with Gasteiger partial charge in [0.05, 0.1) is 0 Å². The van der Waals surface area contributed by atoms with Crippen molar-refractivity contribution in [3.05, 3.63) is 24.5 Å². The SMILES string of the molecule is CC(C)(C)OC(=O)O[C@H]1CC[C@@H](n2cccc2)C1. The van der Waals surface area contributed by atoms with Crippen LogP contribution in [0, 0.1) is 0 Å². The average molecular weight is 251 g/mol. The molecule has 1 aliphatic rings. The molecule has 0 aliphatic heterocycles. The normalized spacial score (nSPS) is 23.9. The summed E-state index contributed by atoms with van der Waals surface area (Å²) in [6.07, 6.45) is 6.35. The van der Waals surface area contributed by atoms with Crippen LogP contribution in [0.15, 0.2) is 24.5 Å². The van der Waals surface area contributed by atoms with E-state index >= 15 is 0 Å². The van der Waals surface area contributed by atoms with Crippen LogP contribution in [0.4, 0.5) is 4.79 Å². The van der Waals surface area contributed by atoms with Crippen molar-refractivity contribution >= 4 is 6.16 Å². The van der Waals surface area contributed by atoms with E-state index in [1.54, 1.807) is 0 Å². The van der Waals surface area contributed by atoms with Gasteiger partial charge in [-0.05, 0) is 45.7 Å². The summed E-state index contributed by atoms with van der Waals surface area (Å²) >= 11 is 0. The van der Waals surface area contributed by atoms with Crippen molar-refractivity contribution in [1.29, 1.82) is 0 Å². The van der Waals surface area contributed by atoms with Gasteiger partial charge in [-0.3, -0.25) is 0 Å². The number of rotatable bonds is 2. The van der Waals surface area contributed by atoms with Gasteiger partial charge in [-0.1, -0.05) is 0 Å². The Labute approximate surface area is 108 Å². The molecule has 1 fully saturated rings. The Kier molecular flexibility index (Phi) is 3.64. The molecule has 100 valence electrons. The maximum absolute atomic E-state index is 11.6. The summed E-state index contributed by atoms with van der Waals surface area (Å²) in [4.78, 5) is 11.6. The quantitative estimate of drug-likeness (QED) is 0.755. The third kappa shape index (κ3) is 3.52. The summed E-state index contributed by atoms with van der Waals surface area (Å²) in [6.45, 7) is 5.52. The van der Waals surface area contributed by atoms with Crippen molar-refractivity contribution in [2.75, 3.05) is 0 Å². The summed E-state index contributed by atoms with van der Waals surface area (Å²) in [5, 5.41) is 0. The lowest BCUT2D eigenvalue weighted by molar-refractivity contribution is -0.0258. The van der Waals surface area contributed by atoms with Crippen LogP contribution in [0.1, 0.15) is 46.1 Å². The average Bonchev–Trinajstić information content (AvgIpc) is 2.82. The van der Waals surface area contributed by atoms with Crippen molar-refractivity contribution in [2.24, 2.45) is 0 Å². The van der Waals surface area contributed by atoms with Gasteiger partial charge in [0.25, 0.3) is 0 Å². The highest BCUT2D eigenvalue weighted by atomic mass is 16.7. The smallest absolute Gasteiger partial charge is 0.431 e. The van der Waals surface area contributed by atoms with Gasteiger partial charge < -0.3 is 14.0 Å². The first kappa shape index (κ1) is 13.0. The minimum Gasteiger partial charge on any atom is -0.431 e. The van der Waals surface area contributed by atoms with Crippen LogP contribution >= 0.6 is 0 Å². The highest BCUT2D eigenvalue weighted by Gasteiger charge is 2.29. The molecule has 0 amide bonds. The summed E-state index contributed by atoms with van der Waals surface area (Å²) < 4.78 is 12.7. The molecule has 0 radical (unpaired) electrons. The Balaban J connectivity index is 1.81. The van der Waals surface area contributed by atoms with E-state index in [1.807, 2.05) is 32.9 Å². The summed E-state index contributed by atoms with van der Waals surface area (Å²) in [7, 11) is 0. The monoisotopic (exact) mass is 251 g/mol. The molecule has 1 heterocycles. The topological polar surface area (TPSA) is 40.5 Å². The van der Waals surface area contributed by atoms with Gasteiger partial charge in [-0.15, -0.1) is 0 Å². The van der Waals surface area contributed by atoms with E-state index < -0.39 is 11.8 Å². The number of aromatic nitrogens is 1. The van der Waals surface area contributed by atoms with E-state index in [0.717, 1.165) is 19.3 Å². The first-order valence-electron chi connectivity index (χ1n) is 6.46. The maximum Gasteiger partial charge on any atom is 0.509 e. The molecule has 1 aliphatic carbocycles. The largest absolute Gasteiger partial charge is 0.509 e. The second-order valence-corrected chi connectivity index (χ2v) is 5.80. The second-order valence-electron chi connectivity index (χ2n) is 5.80. The standard InChI is InChI=1S/C14H21NO3/c1-14(2,3)18-13(16)17-12-7-6-11(10-12)15-8-4-5-9-15/h4-5,8-9,11-12H,6-7,10H2,1-3H3/t11-,12+/m1/s1. The van der Waals surface area contributed by atoms with E-state index in [9.17, 15) is 4.79 Å². The van der Waals surface area contributed by atoms with Crippen LogP contribution in [-0.4, -0.2) is 22.4 Å². The molecule has 2 rings (SSSR count). The van der Waals surface area contributed by atoms with E-state index in [-0.39, 0.29) is 6.10 Å². The predicted octanol–water partition coefficient (Wildman–Crippen LogP) is 3.53. The zero-order valence-electron chi connectivity index (χ0n) is 11.3. The molecule has 0 unspecified atom stereocenters. The minimum absolute atomic E-state index is 0.0211. The zero-order chi connectivity index (χ0) is 13.2. The fourth-order valence-electron chi connectivity index (χ4n) is 2.30.